The van der Waals surface area contributed by atoms with E-state index < -0.39 is 0 Å². The van der Waals surface area contributed by atoms with Crippen molar-refractivity contribution in [2.45, 2.75) is 0 Å². The Labute approximate surface area is 72.9 Å². The number of terminal acetylenes is 1. The molecular formula is C11H11N. The highest BCUT2D eigenvalue weighted by atomic mass is 14.5. The van der Waals surface area contributed by atoms with Gasteiger partial charge in [0.2, 0.25) is 0 Å². The van der Waals surface area contributed by atoms with Crippen molar-refractivity contribution in [1.82, 2.24) is 0 Å². The Morgan fingerprint density at radius 2 is 2.00 bits per heavy atom. The Kier molecular flexibility index (Phi) is 2.68. The molecule has 0 aliphatic carbocycles. The Hall–Kier alpha value is -1.52. The molecule has 1 rings (SSSR count). The average Bonchev–Trinajstić information content (AvgIpc) is 2.17. The van der Waals surface area contributed by atoms with E-state index >= 15 is 0 Å². The largest absolute Gasteiger partial charge is 0.326 e. The van der Waals surface area contributed by atoms with Gasteiger partial charge in [0.1, 0.15) is 0 Å². The van der Waals surface area contributed by atoms with Gasteiger partial charge in [-0.2, -0.15) is 0 Å². The number of nitrogens with two attached hydrogens (primary N) is 1. The van der Waals surface area contributed by atoms with Gasteiger partial charge in [0, 0.05) is 12.1 Å². The summed E-state index contributed by atoms with van der Waals surface area (Å²) in [5, 5.41) is 0. The van der Waals surface area contributed by atoms with E-state index in [0.29, 0.717) is 6.54 Å². The molecule has 1 nitrogen and oxygen atoms in total. The summed E-state index contributed by atoms with van der Waals surface area (Å²) in [5.41, 5.74) is 8.29. The fourth-order valence-corrected chi connectivity index (χ4v) is 0.920. The van der Waals surface area contributed by atoms with Crippen molar-refractivity contribution in [2.24, 2.45) is 5.73 Å². The summed E-state index contributed by atoms with van der Waals surface area (Å²) in [7, 11) is 0. The van der Waals surface area contributed by atoms with E-state index in [1.807, 2.05) is 24.3 Å². The van der Waals surface area contributed by atoms with Crippen LogP contribution < -0.4 is 5.73 Å². The molecular weight excluding hydrogens is 146 g/mol. The molecule has 0 fully saturated rings. The molecule has 1 aromatic rings. The lowest BCUT2D eigenvalue weighted by Gasteiger charge is -2.01. The first kappa shape index (κ1) is 8.58. The first-order chi connectivity index (χ1) is 5.77. The first-order valence-electron chi connectivity index (χ1n) is 3.73. The highest BCUT2D eigenvalue weighted by Crippen LogP contribution is 2.11. The predicted molar refractivity (Wildman–Crippen MR) is 52.5 cm³/mol. The maximum Gasteiger partial charge on any atom is 0.0243 e. The van der Waals surface area contributed by atoms with Crippen LogP contribution in [0.3, 0.4) is 0 Å². The molecule has 2 N–H and O–H groups in total. The third-order valence-corrected chi connectivity index (χ3v) is 1.71. The van der Waals surface area contributed by atoms with Gasteiger partial charge in [0.05, 0.1) is 0 Å². The Bertz CT molecular complexity index is 314. The lowest BCUT2D eigenvalue weighted by molar-refractivity contribution is 1.27. The van der Waals surface area contributed by atoms with Gasteiger partial charge < -0.3 is 5.73 Å². The van der Waals surface area contributed by atoms with Crippen LogP contribution in [0.5, 0.6) is 0 Å². The van der Waals surface area contributed by atoms with Gasteiger partial charge in [-0.15, -0.1) is 6.42 Å². The molecule has 12 heavy (non-hydrogen) atoms. The van der Waals surface area contributed by atoms with Crippen molar-refractivity contribution in [3.05, 3.63) is 42.0 Å². The van der Waals surface area contributed by atoms with Crippen LogP contribution in [0, 0.1) is 12.3 Å². The number of hydrogen-bond donors (Lipinski definition) is 1. The van der Waals surface area contributed by atoms with E-state index in [-0.39, 0.29) is 0 Å². The number of benzene rings is 1. The van der Waals surface area contributed by atoms with Crippen LogP contribution in [0.1, 0.15) is 11.1 Å². The highest BCUT2D eigenvalue weighted by Gasteiger charge is 1.94. The Morgan fingerprint density at radius 3 is 2.42 bits per heavy atom. The summed E-state index contributed by atoms with van der Waals surface area (Å²) in [5.74, 6) is 2.55. The van der Waals surface area contributed by atoms with E-state index in [2.05, 4.69) is 12.5 Å². The minimum atomic E-state index is 0.482. The Balaban J connectivity index is 2.94. The minimum Gasteiger partial charge on any atom is -0.326 e. The summed E-state index contributed by atoms with van der Waals surface area (Å²) < 4.78 is 0. The van der Waals surface area contributed by atoms with Crippen LogP contribution in [-0.4, -0.2) is 6.54 Å². The average molecular weight is 157 g/mol. The van der Waals surface area contributed by atoms with Crippen molar-refractivity contribution in [3.8, 4) is 12.3 Å². The van der Waals surface area contributed by atoms with Gasteiger partial charge in [-0.3, -0.25) is 0 Å². The van der Waals surface area contributed by atoms with E-state index in [1.165, 1.54) is 0 Å². The van der Waals surface area contributed by atoms with Crippen LogP contribution in [0.4, 0.5) is 0 Å². The van der Waals surface area contributed by atoms with Gasteiger partial charge in [-0.25, -0.2) is 0 Å². The molecule has 0 unspecified atom stereocenters. The van der Waals surface area contributed by atoms with Crippen molar-refractivity contribution in [3.63, 3.8) is 0 Å². The van der Waals surface area contributed by atoms with Crippen molar-refractivity contribution in [2.75, 3.05) is 6.54 Å². The molecule has 0 saturated carbocycles. The summed E-state index contributed by atoms with van der Waals surface area (Å²) in [6, 6.07) is 7.64. The zero-order chi connectivity index (χ0) is 8.97. The smallest absolute Gasteiger partial charge is 0.0243 e. The van der Waals surface area contributed by atoms with Crippen molar-refractivity contribution < 1.29 is 0 Å². The van der Waals surface area contributed by atoms with Crippen LogP contribution in [0.25, 0.3) is 5.57 Å². The van der Waals surface area contributed by atoms with Crippen LogP contribution in [0.2, 0.25) is 0 Å². The molecule has 1 aromatic carbocycles. The summed E-state index contributed by atoms with van der Waals surface area (Å²) in [4.78, 5) is 0. The second-order valence-corrected chi connectivity index (χ2v) is 2.53. The molecule has 0 aromatic heterocycles. The zero-order valence-corrected chi connectivity index (χ0v) is 6.88. The molecule has 60 valence electrons. The molecule has 0 amide bonds. The summed E-state index contributed by atoms with van der Waals surface area (Å²) in [6.07, 6.45) is 5.21. The minimum absolute atomic E-state index is 0.482. The van der Waals surface area contributed by atoms with Crippen LogP contribution in [0.15, 0.2) is 30.8 Å². The monoisotopic (exact) mass is 157 g/mol. The quantitative estimate of drug-likeness (QED) is 0.649. The third-order valence-electron chi connectivity index (χ3n) is 1.71. The maximum absolute atomic E-state index is 5.43. The normalized spacial score (nSPS) is 9.00. The maximum atomic E-state index is 5.43. The van der Waals surface area contributed by atoms with Gasteiger partial charge in [-0.1, -0.05) is 24.6 Å². The van der Waals surface area contributed by atoms with E-state index in [4.69, 9.17) is 12.2 Å². The molecule has 0 bridgehead atoms. The second-order valence-electron chi connectivity index (χ2n) is 2.53. The first-order valence-corrected chi connectivity index (χ1v) is 3.73. The molecule has 0 spiro atoms. The standard InChI is InChI=1S/C11H11N/c1-3-10-4-6-11(7-5-10)9(2)8-12/h1,4-7H,2,8,12H2. The van der Waals surface area contributed by atoms with Gasteiger partial charge in [0.25, 0.3) is 0 Å². The van der Waals surface area contributed by atoms with E-state index in [0.717, 1.165) is 16.7 Å². The number of hydrogen-bond acceptors (Lipinski definition) is 1. The topological polar surface area (TPSA) is 26.0 Å². The Morgan fingerprint density at radius 1 is 1.42 bits per heavy atom. The lowest BCUT2D eigenvalue weighted by Crippen LogP contribution is -2.00. The SMILES string of the molecule is C#Cc1ccc(C(=C)CN)cc1. The molecule has 0 atom stereocenters. The van der Waals surface area contributed by atoms with Gasteiger partial charge in [-0.05, 0) is 23.3 Å². The van der Waals surface area contributed by atoms with E-state index in [1.54, 1.807) is 0 Å². The summed E-state index contributed by atoms with van der Waals surface area (Å²) in [6.45, 7) is 4.30. The fourth-order valence-electron chi connectivity index (χ4n) is 0.920. The van der Waals surface area contributed by atoms with Crippen LogP contribution >= 0.6 is 0 Å². The van der Waals surface area contributed by atoms with Crippen molar-refractivity contribution >= 4 is 5.57 Å². The molecule has 0 aliphatic rings. The molecule has 1 heteroatoms. The van der Waals surface area contributed by atoms with Gasteiger partial charge >= 0.3 is 0 Å². The second kappa shape index (κ2) is 3.75. The van der Waals surface area contributed by atoms with Gasteiger partial charge in [0.15, 0.2) is 0 Å². The van der Waals surface area contributed by atoms with Crippen molar-refractivity contribution in [1.29, 1.82) is 0 Å². The third kappa shape index (κ3) is 1.75. The molecule has 0 radical (unpaired) electrons. The fraction of sp³-hybridized carbons (Fsp3) is 0.0909. The predicted octanol–water partition coefficient (Wildman–Crippen LogP) is 1.64. The molecule has 0 aliphatic heterocycles. The zero-order valence-electron chi connectivity index (χ0n) is 6.88. The summed E-state index contributed by atoms with van der Waals surface area (Å²) >= 11 is 0. The molecule has 0 saturated heterocycles. The number of rotatable bonds is 2. The highest BCUT2D eigenvalue weighted by molar-refractivity contribution is 5.65. The van der Waals surface area contributed by atoms with E-state index in [9.17, 15) is 0 Å². The lowest BCUT2D eigenvalue weighted by atomic mass is 10.1. The molecule has 0 heterocycles. The van der Waals surface area contributed by atoms with Crippen LogP contribution in [-0.2, 0) is 0 Å².